The average molecular weight is 244 g/mol. The van der Waals surface area contributed by atoms with Gasteiger partial charge in [0.25, 0.3) is 5.91 Å². The maximum absolute atomic E-state index is 12.5. The summed E-state index contributed by atoms with van der Waals surface area (Å²) in [6, 6.07) is 0.0753. The highest BCUT2D eigenvalue weighted by molar-refractivity contribution is 5.85. The second-order valence-corrected chi connectivity index (χ2v) is 4.79. The zero-order valence-corrected chi connectivity index (χ0v) is 11.2. The Hall–Kier alpha value is -0.650. The van der Waals surface area contributed by atoms with E-state index in [1.165, 1.54) is 0 Å². The van der Waals surface area contributed by atoms with E-state index in [4.69, 9.17) is 15.2 Å². The Balaban J connectivity index is 2.78. The van der Waals surface area contributed by atoms with Gasteiger partial charge in [-0.1, -0.05) is 6.92 Å². The van der Waals surface area contributed by atoms with Crippen LogP contribution in [0.4, 0.5) is 0 Å². The van der Waals surface area contributed by atoms with Crippen molar-refractivity contribution in [2.24, 2.45) is 5.73 Å². The summed E-state index contributed by atoms with van der Waals surface area (Å²) >= 11 is 0. The van der Waals surface area contributed by atoms with E-state index in [1.807, 2.05) is 25.7 Å². The largest absolute Gasteiger partial charge is 0.373 e. The van der Waals surface area contributed by atoms with Gasteiger partial charge in [-0.15, -0.1) is 0 Å². The molecular weight excluding hydrogens is 220 g/mol. The van der Waals surface area contributed by atoms with Gasteiger partial charge in [-0.2, -0.15) is 0 Å². The summed E-state index contributed by atoms with van der Waals surface area (Å²) in [7, 11) is 1.58. The first kappa shape index (κ1) is 14.4. The average Bonchev–Trinajstić information content (AvgIpc) is 2.37. The molecule has 1 rings (SSSR count). The van der Waals surface area contributed by atoms with Crippen LogP contribution in [-0.4, -0.2) is 55.4 Å². The lowest BCUT2D eigenvalue weighted by Gasteiger charge is -2.41. The summed E-state index contributed by atoms with van der Waals surface area (Å²) in [6.07, 6.45) is 0.591. The van der Waals surface area contributed by atoms with Crippen LogP contribution >= 0.6 is 0 Å². The summed E-state index contributed by atoms with van der Waals surface area (Å²) < 4.78 is 10.9. The lowest BCUT2D eigenvalue weighted by Crippen LogP contribution is -2.58. The molecule has 1 heterocycles. The van der Waals surface area contributed by atoms with E-state index in [1.54, 1.807) is 7.11 Å². The number of rotatable bonds is 4. The third-order valence-corrected chi connectivity index (χ3v) is 3.61. The lowest BCUT2D eigenvalue weighted by atomic mass is 9.99. The number of nitrogens with zero attached hydrogens (tertiary/aromatic N) is 1. The van der Waals surface area contributed by atoms with E-state index in [9.17, 15) is 4.79 Å². The predicted octanol–water partition coefficient (Wildman–Crippen LogP) is 0.376. The molecule has 3 atom stereocenters. The van der Waals surface area contributed by atoms with Crippen molar-refractivity contribution in [2.75, 3.05) is 26.8 Å². The van der Waals surface area contributed by atoms with Crippen LogP contribution in [0.15, 0.2) is 0 Å². The molecule has 2 N–H and O–H groups in total. The minimum atomic E-state index is -0.745. The van der Waals surface area contributed by atoms with E-state index in [0.717, 1.165) is 0 Å². The van der Waals surface area contributed by atoms with Crippen LogP contribution in [0.1, 0.15) is 27.2 Å². The normalized spacial score (nSPS) is 28.9. The molecule has 17 heavy (non-hydrogen) atoms. The van der Waals surface area contributed by atoms with Gasteiger partial charge in [-0.3, -0.25) is 4.79 Å². The smallest absolute Gasteiger partial charge is 0.254 e. The van der Waals surface area contributed by atoms with Crippen molar-refractivity contribution in [2.45, 2.75) is 44.9 Å². The van der Waals surface area contributed by atoms with Gasteiger partial charge < -0.3 is 20.1 Å². The first-order chi connectivity index (χ1) is 7.98. The highest BCUT2D eigenvalue weighted by atomic mass is 16.5. The topological polar surface area (TPSA) is 64.8 Å². The molecule has 1 amide bonds. The number of amides is 1. The number of methoxy groups -OCH3 is 1. The molecule has 0 aromatic rings. The van der Waals surface area contributed by atoms with Crippen LogP contribution < -0.4 is 5.73 Å². The minimum absolute atomic E-state index is 0.0248. The van der Waals surface area contributed by atoms with Gasteiger partial charge in [0.15, 0.2) is 0 Å². The summed E-state index contributed by atoms with van der Waals surface area (Å²) in [5.41, 5.74) is 4.85. The van der Waals surface area contributed by atoms with Gasteiger partial charge >= 0.3 is 0 Å². The Morgan fingerprint density at radius 3 is 2.76 bits per heavy atom. The van der Waals surface area contributed by atoms with Crippen LogP contribution in [0.25, 0.3) is 0 Å². The van der Waals surface area contributed by atoms with E-state index in [2.05, 4.69) is 0 Å². The molecule has 0 bridgehead atoms. The number of nitrogens with two attached hydrogens (primary N) is 1. The number of ether oxygens (including phenoxy) is 2. The Labute approximate surface area is 103 Å². The van der Waals surface area contributed by atoms with Crippen LogP contribution in [0.5, 0.6) is 0 Å². The van der Waals surface area contributed by atoms with Gasteiger partial charge in [0.05, 0.1) is 18.8 Å². The maximum Gasteiger partial charge on any atom is 0.254 e. The minimum Gasteiger partial charge on any atom is -0.373 e. The molecule has 1 aliphatic heterocycles. The van der Waals surface area contributed by atoms with Crippen molar-refractivity contribution < 1.29 is 14.3 Å². The highest BCUT2D eigenvalue weighted by Gasteiger charge is 2.39. The molecule has 0 radical (unpaired) electrons. The molecule has 0 aliphatic carbocycles. The van der Waals surface area contributed by atoms with E-state index >= 15 is 0 Å². The van der Waals surface area contributed by atoms with Crippen LogP contribution in [0.3, 0.4) is 0 Å². The SMILES string of the molecule is CCC(C)(OC)C(=O)N1CC(CN)OCC1C. The van der Waals surface area contributed by atoms with Crippen molar-refractivity contribution >= 4 is 5.91 Å². The molecule has 5 nitrogen and oxygen atoms in total. The van der Waals surface area contributed by atoms with Gasteiger partial charge in [-0.05, 0) is 20.3 Å². The zero-order valence-electron chi connectivity index (χ0n) is 11.2. The van der Waals surface area contributed by atoms with Crippen molar-refractivity contribution in [3.63, 3.8) is 0 Å². The third-order valence-electron chi connectivity index (χ3n) is 3.61. The molecule has 0 aromatic heterocycles. The van der Waals surface area contributed by atoms with Crippen LogP contribution in [-0.2, 0) is 14.3 Å². The summed E-state index contributed by atoms with van der Waals surface area (Å²) in [4.78, 5) is 14.3. The first-order valence-electron chi connectivity index (χ1n) is 6.16. The van der Waals surface area contributed by atoms with Gasteiger partial charge in [-0.25, -0.2) is 0 Å². The number of morpholine rings is 1. The second kappa shape index (κ2) is 5.80. The Morgan fingerprint density at radius 1 is 1.65 bits per heavy atom. The summed E-state index contributed by atoms with van der Waals surface area (Å²) in [5, 5.41) is 0. The van der Waals surface area contributed by atoms with Crippen molar-refractivity contribution in [1.29, 1.82) is 0 Å². The number of carbonyl (C=O) groups is 1. The summed E-state index contributed by atoms with van der Waals surface area (Å²) in [6.45, 7) is 7.29. The van der Waals surface area contributed by atoms with Crippen molar-refractivity contribution in [3.05, 3.63) is 0 Å². The number of hydrogen-bond donors (Lipinski definition) is 1. The van der Waals surface area contributed by atoms with Gasteiger partial charge in [0.1, 0.15) is 5.60 Å². The van der Waals surface area contributed by atoms with Crippen molar-refractivity contribution in [3.8, 4) is 0 Å². The molecule has 3 unspecified atom stereocenters. The Kier molecular flexibility index (Phi) is 4.91. The monoisotopic (exact) mass is 244 g/mol. The summed E-state index contributed by atoms with van der Waals surface area (Å²) in [5.74, 6) is 0.0248. The predicted molar refractivity (Wildman–Crippen MR) is 65.7 cm³/mol. The van der Waals surface area contributed by atoms with E-state index in [-0.39, 0.29) is 18.1 Å². The highest BCUT2D eigenvalue weighted by Crippen LogP contribution is 2.22. The molecule has 1 aliphatic rings. The van der Waals surface area contributed by atoms with Crippen LogP contribution in [0, 0.1) is 0 Å². The standard InChI is InChI=1S/C12H24N2O3/c1-5-12(3,16-4)11(15)14-7-10(6-13)17-8-9(14)2/h9-10H,5-8,13H2,1-4H3. The second-order valence-electron chi connectivity index (χ2n) is 4.79. The van der Waals surface area contributed by atoms with E-state index < -0.39 is 5.60 Å². The molecule has 5 heteroatoms. The first-order valence-corrected chi connectivity index (χ1v) is 6.16. The fourth-order valence-corrected chi connectivity index (χ4v) is 1.93. The third kappa shape index (κ3) is 2.97. The molecule has 1 fully saturated rings. The lowest BCUT2D eigenvalue weighted by molar-refractivity contribution is -0.165. The molecule has 0 spiro atoms. The molecular formula is C12H24N2O3. The molecule has 1 saturated heterocycles. The zero-order chi connectivity index (χ0) is 13.1. The maximum atomic E-state index is 12.5. The molecule has 100 valence electrons. The van der Waals surface area contributed by atoms with Crippen molar-refractivity contribution in [1.82, 2.24) is 4.90 Å². The number of hydrogen-bond acceptors (Lipinski definition) is 4. The molecule has 0 aromatic carbocycles. The molecule has 0 saturated carbocycles. The number of carbonyl (C=O) groups excluding carboxylic acids is 1. The Morgan fingerprint density at radius 2 is 2.29 bits per heavy atom. The van der Waals surface area contributed by atoms with Gasteiger partial charge in [0.2, 0.25) is 0 Å². The fourth-order valence-electron chi connectivity index (χ4n) is 1.93. The van der Waals surface area contributed by atoms with Gasteiger partial charge in [0, 0.05) is 20.2 Å². The quantitative estimate of drug-likeness (QED) is 0.776. The van der Waals surface area contributed by atoms with Crippen LogP contribution in [0.2, 0.25) is 0 Å². The fraction of sp³-hybridized carbons (Fsp3) is 0.917. The Bertz CT molecular complexity index is 266. The van der Waals surface area contributed by atoms with E-state index in [0.29, 0.717) is 26.1 Å².